The summed E-state index contributed by atoms with van der Waals surface area (Å²) in [7, 11) is 0. The number of halogens is 4. The van der Waals surface area contributed by atoms with E-state index in [4.69, 9.17) is 10.2 Å². The summed E-state index contributed by atoms with van der Waals surface area (Å²) < 4.78 is 37.5. The van der Waals surface area contributed by atoms with Crippen LogP contribution >= 0.6 is 15.9 Å². The maximum atomic E-state index is 12.5. The summed E-state index contributed by atoms with van der Waals surface area (Å²) in [6.07, 6.45) is -5.46. The van der Waals surface area contributed by atoms with E-state index in [1.54, 1.807) is 0 Å². The summed E-state index contributed by atoms with van der Waals surface area (Å²) >= 11 is 2.86. The molecule has 17 heavy (non-hydrogen) atoms. The number of alkyl halides is 3. The van der Waals surface area contributed by atoms with Crippen molar-refractivity contribution in [1.29, 1.82) is 0 Å². The molecule has 0 saturated carbocycles. The first-order valence-electron chi connectivity index (χ1n) is 4.74. The van der Waals surface area contributed by atoms with Crippen LogP contribution in [0.25, 0.3) is 0 Å². The van der Waals surface area contributed by atoms with Crippen LogP contribution in [0.15, 0.2) is 22.7 Å². The number of benzene rings is 1. The molecule has 0 aliphatic rings. The molecule has 0 aliphatic heterocycles. The lowest BCUT2D eigenvalue weighted by molar-refractivity contribution is -0.138. The van der Waals surface area contributed by atoms with Gasteiger partial charge >= 0.3 is 6.18 Å². The van der Waals surface area contributed by atoms with Crippen LogP contribution in [-0.4, -0.2) is 29.5 Å². The molecule has 0 radical (unpaired) electrons. The monoisotopic (exact) mass is 313 g/mol. The zero-order chi connectivity index (χ0) is 13.1. The summed E-state index contributed by atoms with van der Waals surface area (Å²) in [5.41, 5.74) is -0.576. The second kappa shape index (κ2) is 5.70. The summed E-state index contributed by atoms with van der Waals surface area (Å²) in [4.78, 5) is 0. The number of hydrogen-bond acceptors (Lipinski definition) is 3. The van der Waals surface area contributed by atoms with Crippen LogP contribution in [0.5, 0.6) is 0 Å². The van der Waals surface area contributed by atoms with Crippen LogP contribution in [0.1, 0.15) is 5.56 Å². The Morgan fingerprint density at radius 3 is 2.53 bits per heavy atom. The number of nitrogens with one attached hydrogen (secondary N) is 1. The van der Waals surface area contributed by atoms with E-state index in [1.807, 2.05) is 0 Å². The van der Waals surface area contributed by atoms with Crippen molar-refractivity contribution in [3.63, 3.8) is 0 Å². The lowest BCUT2D eigenvalue weighted by Gasteiger charge is -2.15. The number of aliphatic hydroxyl groups excluding tert-OH is 2. The van der Waals surface area contributed by atoms with Crippen molar-refractivity contribution in [2.75, 3.05) is 18.5 Å². The standard InChI is InChI=1S/C10H11BrF3NO2/c11-9-7(10(12,13)14)2-1-3-8(9)15-4-6(17)5-16/h1-3,6,15-17H,4-5H2. The highest BCUT2D eigenvalue weighted by Gasteiger charge is 2.33. The van der Waals surface area contributed by atoms with E-state index in [0.29, 0.717) is 0 Å². The van der Waals surface area contributed by atoms with Gasteiger partial charge in [-0.3, -0.25) is 0 Å². The Morgan fingerprint density at radius 2 is 2.00 bits per heavy atom. The molecule has 96 valence electrons. The molecular weight excluding hydrogens is 303 g/mol. The first-order chi connectivity index (χ1) is 7.86. The maximum absolute atomic E-state index is 12.5. The molecule has 1 aromatic rings. The molecule has 0 aromatic heterocycles. The zero-order valence-corrected chi connectivity index (χ0v) is 10.2. The minimum absolute atomic E-state index is 0.0313. The first kappa shape index (κ1) is 14.3. The van der Waals surface area contributed by atoms with Crippen molar-refractivity contribution < 1.29 is 23.4 Å². The third-order valence-electron chi connectivity index (χ3n) is 2.04. The van der Waals surface area contributed by atoms with Gasteiger partial charge in [-0.05, 0) is 28.1 Å². The third kappa shape index (κ3) is 3.86. The molecule has 1 unspecified atom stereocenters. The van der Waals surface area contributed by atoms with Gasteiger partial charge in [-0.2, -0.15) is 13.2 Å². The molecule has 3 N–H and O–H groups in total. The Labute approximate surface area is 104 Å². The van der Waals surface area contributed by atoms with Gasteiger partial charge in [0.15, 0.2) is 0 Å². The molecule has 0 spiro atoms. The normalized spacial score (nSPS) is 13.5. The number of hydrogen-bond donors (Lipinski definition) is 3. The smallest absolute Gasteiger partial charge is 0.394 e. The third-order valence-corrected chi connectivity index (χ3v) is 2.90. The molecule has 0 amide bonds. The zero-order valence-electron chi connectivity index (χ0n) is 8.63. The van der Waals surface area contributed by atoms with Crippen LogP contribution in [0.3, 0.4) is 0 Å². The van der Waals surface area contributed by atoms with Crippen molar-refractivity contribution in [2.45, 2.75) is 12.3 Å². The molecule has 0 heterocycles. The lowest BCUT2D eigenvalue weighted by atomic mass is 10.2. The van der Waals surface area contributed by atoms with Crippen LogP contribution in [0.4, 0.5) is 18.9 Å². The maximum Gasteiger partial charge on any atom is 0.417 e. The fourth-order valence-corrected chi connectivity index (χ4v) is 1.81. The molecule has 0 aliphatic carbocycles. The van der Waals surface area contributed by atoms with E-state index in [9.17, 15) is 13.2 Å². The predicted molar refractivity (Wildman–Crippen MR) is 60.7 cm³/mol. The molecule has 0 saturated heterocycles. The second-order valence-electron chi connectivity index (χ2n) is 3.38. The van der Waals surface area contributed by atoms with Crippen molar-refractivity contribution in [2.24, 2.45) is 0 Å². The van der Waals surface area contributed by atoms with E-state index >= 15 is 0 Å². The van der Waals surface area contributed by atoms with Crippen molar-refractivity contribution in [1.82, 2.24) is 0 Å². The second-order valence-corrected chi connectivity index (χ2v) is 4.18. The van der Waals surface area contributed by atoms with E-state index < -0.39 is 24.5 Å². The average Bonchev–Trinajstić information content (AvgIpc) is 2.25. The Bertz CT molecular complexity index is 384. The fourth-order valence-electron chi connectivity index (χ4n) is 1.18. The average molecular weight is 314 g/mol. The van der Waals surface area contributed by atoms with Crippen LogP contribution in [-0.2, 0) is 6.18 Å². The fraction of sp³-hybridized carbons (Fsp3) is 0.400. The molecule has 1 atom stereocenters. The number of anilines is 1. The topological polar surface area (TPSA) is 52.5 Å². The van der Waals surface area contributed by atoms with E-state index in [1.165, 1.54) is 12.1 Å². The Kier molecular flexibility index (Phi) is 4.79. The quantitative estimate of drug-likeness (QED) is 0.799. The van der Waals surface area contributed by atoms with Crippen LogP contribution in [0.2, 0.25) is 0 Å². The van der Waals surface area contributed by atoms with Gasteiger partial charge in [0.2, 0.25) is 0 Å². The predicted octanol–water partition coefficient (Wildman–Crippen LogP) is 2.23. The van der Waals surface area contributed by atoms with Crippen LogP contribution in [0, 0.1) is 0 Å². The molecule has 7 heteroatoms. The van der Waals surface area contributed by atoms with Gasteiger partial charge in [0.05, 0.1) is 22.7 Å². The molecule has 1 rings (SSSR count). The van der Waals surface area contributed by atoms with Crippen molar-refractivity contribution >= 4 is 21.6 Å². The van der Waals surface area contributed by atoms with E-state index in [2.05, 4.69) is 21.2 Å². The van der Waals surface area contributed by atoms with Gasteiger partial charge in [-0.15, -0.1) is 0 Å². The number of rotatable bonds is 4. The van der Waals surface area contributed by atoms with Gasteiger partial charge in [0.1, 0.15) is 0 Å². The lowest BCUT2D eigenvalue weighted by Crippen LogP contribution is -2.23. The molecule has 0 fully saturated rings. The Hall–Kier alpha value is -0.790. The van der Waals surface area contributed by atoms with Gasteiger partial charge in [-0.1, -0.05) is 6.07 Å². The highest BCUT2D eigenvalue weighted by Crippen LogP contribution is 2.38. The van der Waals surface area contributed by atoms with Crippen LogP contribution < -0.4 is 5.32 Å². The molecular formula is C10H11BrF3NO2. The van der Waals surface area contributed by atoms with Gasteiger partial charge in [0, 0.05) is 12.2 Å². The van der Waals surface area contributed by atoms with Gasteiger partial charge < -0.3 is 15.5 Å². The highest BCUT2D eigenvalue weighted by molar-refractivity contribution is 9.10. The Morgan fingerprint density at radius 1 is 1.35 bits per heavy atom. The largest absolute Gasteiger partial charge is 0.417 e. The van der Waals surface area contributed by atoms with Gasteiger partial charge in [-0.25, -0.2) is 0 Å². The summed E-state index contributed by atoms with van der Waals surface area (Å²) in [6.45, 7) is -0.486. The van der Waals surface area contributed by atoms with E-state index in [-0.39, 0.29) is 16.7 Å². The molecule has 3 nitrogen and oxygen atoms in total. The molecule has 1 aromatic carbocycles. The molecule has 0 bridgehead atoms. The van der Waals surface area contributed by atoms with Crippen molar-refractivity contribution in [3.8, 4) is 0 Å². The number of aliphatic hydroxyl groups is 2. The minimum atomic E-state index is -4.44. The van der Waals surface area contributed by atoms with Gasteiger partial charge in [0.25, 0.3) is 0 Å². The summed E-state index contributed by atoms with van der Waals surface area (Å²) in [6, 6.07) is 3.67. The summed E-state index contributed by atoms with van der Waals surface area (Å²) in [5, 5.41) is 20.3. The minimum Gasteiger partial charge on any atom is -0.394 e. The highest BCUT2D eigenvalue weighted by atomic mass is 79.9. The van der Waals surface area contributed by atoms with E-state index in [0.717, 1.165) is 6.07 Å². The SMILES string of the molecule is OCC(O)CNc1cccc(C(F)(F)F)c1Br. The Balaban J connectivity index is 2.88. The summed E-state index contributed by atoms with van der Waals surface area (Å²) in [5.74, 6) is 0. The van der Waals surface area contributed by atoms with Crippen molar-refractivity contribution in [3.05, 3.63) is 28.2 Å². The first-order valence-corrected chi connectivity index (χ1v) is 5.54.